The fraction of sp³-hybridized carbons (Fsp3) is 0.956. The third-order valence-corrected chi connectivity index (χ3v) is 17.9. The molecule has 4 aliphatic carbocycles. The molecule has 9 aliphatic rings. The zero-order valence-corrected chi connectivity index (χ0v) is 36.7. The van der Waals surface area contributed by atoms with Gasteiger partial charge in [-0.1, -0.05) is 39.3 Å². The molecule has 5 saturated heterocycles. The summed E-state index contributed by atoms with van der Waals surface area (Å²) >= 11 is 0. The molecule has 26 atom stereocenters. The lowest BCUT2D eigenvalue weighted by atomic mass is 9.47. The van der Waals surface area contributed by atoms with Gasteiger partial charge in [0.15, 0.2) is 18.9 Å². The van der Waals surface area contributed by atoms with Gasteiger partial charge in [0, 0.05) is 12.5 Å². The van der Waals surface area contributed by atoms with Gasteiger partial charge in [0.05, 0.1) is 31.5 Å². The van der Waals surface area contributed by atoms with Crippen LogP contribution in [0, 0.1) is 46.3 Å². The first-order chi connectivity index (χ1) is 29.4. The highest BCUT2D eigenvalue weighted by Crippen LogP contribution is 2.70. The number of hydrogen-bond donors (Lipinski definition) is 10. The van der Waals surface area contributed by atoms with Crippen LogP contribution in [0.25, 0.3) is 0 Å². The molecule has 0 radical (unpaired) electrons. The first-order valence-electron chi connectivity index (χ1n) is 23.5. The molecule has 9 rings (SSSR count). The molecule has 8 fully saturated rings. The summed E-state index contributed by atoms with van der Waals surface area (Å²) in [4.78, 5) is 0. The van der Waals surface area contributed by atoms with Gasteiger partial charge in [-0.3, -0.25) is 5.32 Å². The van der Waals surface area contributed by atoms with Crippen molar-refractivity contribution in [2.45, 2.75) is 202 Å². The van der Waals surface area contributed by atoms with Crippen molar-refractivity contribution in [2.24, 2.45) is 46.3 Å². The number of hydrogen-bond acceptors (Lipinski definition) is 17. The van der Waals surface area contributed by atoms with Gasteiger partial charge in [0.2, 0.25) is 0 Å². The highest BCUT2D eigenvalue weighted by Gasteiger charge is 2.68. The topological polar surface area (TPSA) is 259 Å². The summed E-state index contributed by atoms with van der Waals surface area (Å²) in [5.41, 5.74) is 1.32. The van der Waals surface area contributed by atoms with E-state index in [9.17, 15) is 46.0 Å². The molecule has 10 N–H and O–H groups in total. The summed E-state index contributed by atoms with van der Waals surface area (Å²) in [6, 6.07) is 0. The van der Waals surface area contributed by atoms with E-state index in [0.29, 0.717) is 48.3 Å². The lowest BCUT2D eigenvalue weighted by molar-refractivity contribution is -0.394. The molecule has 5 aliphatic heterocycles. The normalized spacial score (nSPS) is 57.6. The third-order valence-electron chi connectivity index (χ3n) is 17.9. The summed E-state index contributed by atoms with van der Waals surface area (Å²) in [5.74, 6) is 3.32. The molecule has 0 amide bonds. The maximum atomic E-state index is 11.6. The van der Waals surface area contributed by atoms with Crippen LogP contribution in [0.3, 0.4) is 0 Å². The molecule has 0 bridgehead atoms. The van der Waals surface area contributed by atoms with Crippen molar-refractivity contribution in [1.29, 1.82) is 0 Å². The molecule has 5 heterocycles. The minimum absolute atomic E-state index is 0.0361. The molecule has 0 unspecified atom stereocenters. The second-order valence-corrected chi connectivity index (χ2v) is 21.2. The number of rotatable bonds is 8. The van der Waals surface area contributed by atoms with Crippen molar-refractivity contribution in [3.8, 4) is 0 Å². The second kappa shape index (κ2) is 17.3. The Kier molecular flexibility index (Phi) is 12.9. The molecular formula is C45H73NO16. The van der Waals surface area contributed by atoms with E-state index in [1.165, 1.54) is 25.3 Å². The van der Waals surface area contributed by atoms with Gasteiger partial charge in [-0.15, -0.1) is 0 Å². The van der Waals surface area contributed by atoms with E-state index in [0.717, 1.165) is 38.6 Å². The van der Waals surface area contributed by atoms with Crippen LogP contribution in [0.4, 0.5) is 0 Å². The Morgan fingerprint density at radius 1 is 0.694 bits per heavy atom. The van der Waals surface area contributed by atoms with Gasteiger partial charge in [0.1, 0.15) is 72.9 Å². The van der Waals surface area contributed by atoms with Crippen molar-refractivity contribution in [3.05, 3.63) is 11.6 Å². The molecular weight excluding hydrogens is 810 g/mol. The van der Waals surface area contributed by atoms with Crippen LogP contribution in [0.15, 0.2) is 11.6 Å². The average Bonchev–Trinajstić information content (AvgIpc) is 3.70. The number of nitrogens with one attached hydrogen (secondary N) is 1. The smallest absolute Gasteiger partial charge is 0.187 e. The summed E-state index contributed by atoms with van der Waals surface area (Å²) in [6.45, 7) is 10.8. The second-order valence-electron chi connectivity index (χ2n) is 21.2. The lowest BCUT2D eigenvalue weighted by Crippen LogP contribution is -2.67. The lowest BCUT2D eigenvalue weighted by Gasteiger charge is -2.59. The standard InChI is InChI=1S/C45H73NO16/c1-19-8-13-45(46-16-19)20(2)30-27(62-45)15-26-24-7-6-22-14-23(9-11-43(22,4)25(24)10-12-44(26,30)5)57-42-39(61-40-36(54)34(52)31(49)21(3)56-40)38(33(51)29(18-48)59-42)60-41-37(55)35(53)32(50)28(17-47)58-41/h6,19-21,23-42,46-55H,7-18H2,1-5H3/t19-,20+,21+,23+,24-,25+,26-,27+,28-,29-,30+,31+,32-,33+,34-,35+,36-,37-,38+,39-,40+,41+,42-,43+,44+,45-/m1/s1. The zero-order chi connectivity index (χ0) is 44.2. The fourth-order valence-corrected chi connectivity index (χ4v) is 14.2. The van der Waals surface area contributed by atoms with E-state index in [1.807, 2.05) is 0 Å². The van der Waals surface area contributed by atoms with Gasteiger partial charge in [-0.05, 0) is 105 Å². The van der Waals surface area contributed by atoms with Crippen molar-refractivity contribution >= 4 is 0 Å². The van der Waals surface area contributed by atoms with Gasteiger partial charge >= 0.3 is 0 Å². The Labute approximate surface area is 364 Å². The third kappa shape index (κ3) is 7.49. The molecule has 0 aromatic rings. The van der Waals surface area contributed by atoms with Gasteiger partial charge in [-0.2, -0.15) is 0 Å². The number of aliphatic hydroxyl groups is 9. The van der Waals surface area contributed by atoms with E-state index in [2.05, 4.69) is 39.1 Å². The van der Waals surface area contributed by atoms with E-state index >= 15 is 0 Å². The number of aliphatic hydroxyl groups excluding tert-OH is 9. The van der Waals surface area contributed by atoms with Crippen LogP contribution in [0.2, 0.25) is 0 Å². The quantitative estimate of drug-likeness (QED) is 0.142. The van der Waals surface area contributed by atoms with Crippen molar-refractivity contribution in [3.63, 3.8) is 0 Å². The first kappa shape index (κ1) is 46.2. The van der Waals surface area contributed by atoms with Crippen LogP contribution < -0.4 is 5.32 Å². The molecule has 17 heteroatoms. The van der Waals surface area contributed by atoms with E-state index in [1.54, 1.807) is 0 Å². The Morgan fingerprint density at radius 2 is 1.35 bits per heavy atom. The monoisotopic (exact) mass is 883 g/mol. The predicted octanol–water partition coefficient (Wildman–Crippen LogP) is -0.213. The fourth-order valence-electron chi connectivity index (χ4n) is 14.2. The largest absolute Gasteiger partial charge is 0.394 e. The molecule has 1 spiro atoms. The van der Waals surface area contributed by atoms with Crippen LogP contribution >= 0.6 is 0 Å². The summed E-state index contributed by atoms with van der Waals surface area (Å²) in [5, 5.41) is 99.7. The minimum Gasteiger partial charge on any atom is -0.394 e. The molecule has 17 nitrogen and oxygen atoms in total. The SMILES string of the molecule is C[C@@H]1CC[C@@]2(NC1)O[C@H]1C[C@@H]3[C@@H]4CC=C5C[C@@H](O[C@@H]6O[C@H](CO)[C@H](O)[C@H](O[C@@H]7O[C@H](CO)[C@@H](O)[C@H](O)[C@H]7O)[C@H]6O[C@@H]6O[C@@H](C)[C@H](O)[C@@H](O)[C@H]6O)CC[C@]5(C)[C@H]4CC[C@]3(C)[C@H]1[C@@H]2C. The molecule has 0 aromatic heterocycles. The minimum atomic E-state index is -1.84. The number of ether oxygens (including phenoxy) is 7. The molecule has 0 aromatic carbocycles. The molecule has 62 heavy (non-hydrogen) atoms. The first-order valence-corrected chi connectivity index (χ1v) is 23.5. The average molecular weight is 884 g/mol. The van der Waals surface area contributed by atoms with Gasteiger partial charge in [-0.25, -0.2) is 0 Å². The van der Waals surface area contributed by atoms with Crippen molar-refractivity contribution in [1.82, 2.24) is 5.32 Å². The van der Waals surface area contributed by atoms with Gasteiger partial charge in [0.25, 0.3) is 0 Å². The highest BCUT2D eigenvalue weighted by molar-refractivity contribution is 5.26. The van der Waals surface area contributed by atoms with Gasteiger partial charge < -0.3 is 79.1 Å². The number of fused-ring (bicyclic) bond motifs is 7. The van der Waals surface area contributed by atoms with Crippen LogP contribution in [0.1, 0.15) is 92.4 Å². The predicted molar refractivity (Wildman–Crippen MR) is 216 cm³/mol. The van der Waals surface area contributed by atoms with E-state index in [-0.39, 0.29) is 22.7 Å². The number of allylic oxidation sites excluding steroid dienone is 1. The Hall–Kier alpha value is -0.940. The van der Waals surface area contributed by atoms with Crippen LogP contribution in [-0.4, -0.2) is 176 Å². The number of piperidine rings is 1. The van der Waals surface area contributed by atoms with E-state index < -0.39 is 111 Å². The maximum Gasteiger partial charge on any atom is 0.187 e. The zero-order valence-electron chi connectivity index (χ0n) is 36.7. The van der Waals surface area contributed by atoms with Crippen LogP contribution in [-0.2, 0) is 33.2 Å². The van der Waals surface area contributed by atoms with Crippen molar-refractivity contribution < 1.29 is 79.1 Å². The highest BCUT2D eigenvalue weighted by atomic mass is 16.8. The molecule has 3 saturated carbocycles. The Morgan fingerprint density at radius 3 is 2.05 bits per heavy atom. The van der Waals surface area contributed by atoms with Crippen LogP contribution in [0.5, 0.6) is 0 Å². The van der Waals surface area contributed by atoms with E-state index in [4.69, 9.17) is 33.2 Å². The Bertz CT molecular complexity index is 1610. The van der Waals surface area contributed by atoms with Crippen molar-refractivity contribution in [2.75, 3.05) is 19.8 Å². The maximum absolute atomic E-state index is 11.6. The Balaban J connectivity index is 0.940. The summed E-state index contributed by atoms with van der Waals surface area (Å²) < 4.78 is 43.9. The summed E-state index contributed by atoms with van der Waals surface area (Å²) in [7, 11) is 0. The molecule has 354 valence electrons. The summed E-state index contributed by atoms with van der Waals surface area (Å²) in [6.07, 6.45) is -11.9.